The van der Waals surface area contributed by atoms with Gasteiger partial charge in [-0.05, 0) is 48.5 Å². The summed E-state index contributed by atoms with van der Waals surface area (Å²) >= 11 is 12.4. The number of hydrogen-bond donors (Lipinski definition) is 2. The van der Waals surface area contributed by atoms with Crippen LogP contribution in [-0.4, -0.2) is 15.2 Å². The number of nitrogens with one attached hydrogen (secondary N) is 2. The van der Waals surface area contributed by atoms with Gasteiger partial charge in [0.1, 0.15) is 0 Å². The van der Waals surface area contributed by atoms with Gasteiger partial charge in [-0.3, -0.25) is 5.10 Å². The van der Waals surface area contributed by atoms with Crippen LogP contribution in [-0.2, 0) is 0 Å². The largest absolute Gasteiger partial charge is 0.354 e. The fourth-order valence-corrected chi connectivity index (χ4v) is 4.67. The van der Waals surface area contributed by atoms with Gasteiger partial charge in [0.2, 0.25) is 0 Å². The van der Waals surface area contributed by atoms with E-state index in [1.807, 2.05) is 54.6 Å². The molecule has 164 valence electrons. The number of para-hydroxylation sites is 2. The molecule has 0 radical (unpaired) electrons. The maximum Gasteiger partial charge on any atom is 0.0927 e. The van der Waals surface area contributed by atoms with Crippen LogP contribution in [0.1, 0.15) is 0 Å². The Morgan fingerprint density at radius 1 is 0.706 bits per heavy atom. The quantitative estimate of drug-likeness (QED) is 0.248. The number of pyridine rings is 1. The summed E-state index contributed by atoms with van der Waals surface area (Å²) in [5.74, 6) is 0. The number of rotatable bonds is 4. The molecule has 0 aliphatic rings. The van der Waals surface area contributed by atoms with Crippen LogP contribution < -0.4 is 5.32 Å². The zero-order chi connectivity index (χ0) is 23.1. The van der Waals surface area contributed by atoms with Crippen LogP contribution in [0.25, 0.3) is 44.3 Å². The maximum atomic E-state index is 6.36. The van der Waals surface area contributed by atoms with Gasteiger partial charge in [-0.15, -0.1) is 0 Å². The Hall–Kier alpha value is -3.86. The van der Waals surface area contributed by atoms with Crippen molar-refractivity contribution in [1.29, 1.82) is 0 Å². The van der Waals surface area contributed by atoms with Crippen molar-refractivity contribution < 1.29 is 0 Å². The summed E-state index contributed by atoms with van der Waals surface area (Å²) in [5, 5.41) is 14.5. The predicted molar refractivity (Wildman–Crippen MR) is 142 cm³/mol. The number of H-pyrrole nitrogens is 1. The van der Waals surface area contributed by atoms with Crippen molar-refractivity contribution in [3.05, 3.63) is 107 Å². The molecular formula is C28H18Cl2N4. The van der Waals surface area contributed by atoms with E-state index in [2.05, 4.69) is 51.9 Å². The number of hydrogen-bond acceptors (Lipinski definition) is 3. The number of benzene rings is 4. The highest BCUT2D eigenvalue weighted by molar-refractivity contribution is 6.36. The number of aromatic nitrogens is 3. The average Bonchev–Trinajstić information content (AvgIpc) is 3.34. The van der Waals surface area contributed by atoms with Gasteiger partial charge in [0, 0.05) is 32.6 Å². The minimum Gasteiger partial charge on any atom is -0.354 e. The van der Waals surface area contributed by atoms with Gasteiger partial charge in [0.05, 0.1) is 33.1 Å². The van der Waals surface area contributed by atoms with Crippen molar-refractivity contribution in [3.63, 3.8) is 0 Å². The molecule has 0 fully saturated rings. The zero-order valence-corrected chi connectivity index (χ0v) is 19.4. The standard InChI is InChI=1S/C28H18Cl2N4/c29-18-11-14-20(23(30)15-18)27-16-26(33-34-27)17-9-12-19(13-10-17)31-28-21-5-1-3-7-24(21)32-25-8-4-2-6-22(25)28/h1-16H,(H,31,32)(H,33,34). The summed E-state index contributed by atoms with van der Waals surface area (Å²) in [6.07, 6.45) is 0. The molecule has 0 unspecified atom stereocenters. The molecule has 4 aromatic carbocycles. The third kappa shape index (κ3) is 3.77. The highest BCUT2D eigenvalue weighted by Crippen LogP contribution is 2.34. The molecule has 0 aliphatic heterocycles. The molecule has 0 saturated heterocycles. The summed E-state index contributed by atoms with van der Waals surface area (Å²) < 4.78 is 0. The van der Waals surface area contributed by atoms with E-state index >= 15 is 0 Å². The van der Waals surface area contributed by atoms with Crippen LogP contribution in [0.2, 0.25) is 10.0 Å². The lowest BCUT2D eigenvalue weighted by molar-refractivity contribution is 1.10. The molecular weight excluding hydrogens is 463 g/mol. The molecule has 34 heavy (non-hydrogen) atoms. The van der Waals surface area contributed by atoms with E-state index in [0.29, 0.717) is 10.0 Å². The molecule has 4 nitrogen and oxygen atoms in total. The van der Waals surface area contributed by atoms with Crippen molar-refractivity contribution in [1.82, 2.24) is 15.2 Å². The minimum absolute atomic E-state index is 0.582. The van der Waals surface area contributed by atoms with Crippen molar-refractivity contribution in [3.8, 4) is 22.5 Å². The number of anilines is 2. The summed E-state index contributed by atoms with van der Waals surface area (Å²) in [5.41, 5.74) is 7.51. The number of halogens is 2. The first-order valence-corrected chi connectivity index (χ1v) is 11.6. The van der Waals surface area contributed by atoms with E-state index in [1.165, 1.54) is 0 Å². The molecule has 0 spiro atoms. The first kappa shape index (κ1) is 20.7. The zero-order valence-electron chi connectivity index (χ0n) is 17.9. The first-order chi connectivity index (χ1) is 16.7. The predicted octanol–water partition coefficient (Wildman–Crippen LogP) is 8.50. The molecule has 2 heterocycles. The lowest BCUT2D eigenvalue weighted by Crippen LogP contribution is -1.95. The van der Waals surface area contributed by atoms with Gasteiger partial charge < -0.3 is 5.32 Å². The van der Waals surface area contributed by atoms with E-state index < -0.39 is 0 Å². The molecule has 6 heteroatoms. The van der Waals surface area contributed by atoms with Crippen LogP contribution in [0.15, 0.2) is 97.1 Å². The lowest BCUT2D eigenvalue weighted by atomic mass is 10.1. The van der Waals surface area contributed by atoms with E-state index in [4.69, 9.17) is 28.2 Å². The molecule has 6 aromatic rings. The summed E-state index contributed by atoms with van der Waals surface area (Å²) in [6, 6.07) is 32.0. The van der Waals surface area contributed by atoms with Crippen molar-refractivity contribution >= 4 is 56.4 Å². The molecule has 0 aliphatic carbocycles. The SMILES string of the molecule is Clc1ccc(-c2cc(-c3ccc(Nc4c5ccccc5nc5ccccc45)cc3)n[nH]2)c(Cl)c1. The molecule has 0 amide bonds. The third-order valence-corrected chi connectivity index (χ3v) is 6.38. The Kier molecular flexibility index (Phi) is 5.17. The van der Waals surface area contributed by atoms with Crippen molar-refractivity contribution in [2.24, 2.45) is 0 Å². The van der Waals surface area contributed by atoms with Crippen LogP contribution in [0.4, 0.5) is 11.4 Å². The van der Waals surface area contributed by atoms with E-state index in [9.17, 15) is 0 Å². The molecule has 0 bridgehead atoms. The van der Waals surface area contributed by atoms with Gasteiger partial charge in [0.25, 0.3) is 0 Å². The summed E-state index contributed by atoms with van der Waals surface area (Å²) in [6.45, 7) is 0. The molecule has 0 atom stereocenters. The van der Waals surface area contributed by atoms with Gasteiger partial charge in [0.15, 0.2) is 0 Å². The fourth-order valence-electron chi connectivity index (χ4n) is 4.16. The van der Waals surface area contributed by atoms with E-state index in [-0.39, 0.29) is 0 Å². The van der Waals surface area contributed by atoms with Crippen LogP contribution >= 0.6 is 23.2 Å². The maximum absolute atomic E-state index is 6.36. The van der Waals surface area contributed by atoms with Gasteiger partial charge >= 0.3 is 0 Å². The van der Waals surface area contributed by atoms with Crippen LogP contribution in [0.3, 0.4) is 0 Å². The van der Waals surface area contributed by atoms with Crippen LogP contribution in [0.5, 0.6) is 0 Å². The average molecular weight is 481 g/mol. The van der Waals surface area contributed by atoms with Gasteiger partial charge in [-0.25, -0.2) is 4.98 Å². The van der Waals surface area contributed by atoms with Crippen molar-refractivity contribution in [2.45, 2.75) is 0 Å². The number of aromatic amines is 1. The molecule has 2 aromatic heterocycles. The van der Waals surface area contributed by atoms with Gasteiger partial charge in [-0.1, -0.05) is 71.7 Å². The summed E-state index contributed by atoms with van der Waals surface area (Å²) in [7, 11) is 0. The Balaban J connectivity index is 1.33. The highest BCUT2D eigenvalue weighted by atomic mass is 35.5. The van der Waals surface area contributed by atoms with Gasteiger partial charge in [-0.2, -0.15) is 5.10 Å². The second-order valence-corrected chi connectivity index (χ2v) is 8.86. The molecule has 6 rings (SSSR count). The molecule has 2 N–H and O–H groups in total. The number of fused-ring (bicyclic) bond motifs is 2. The summed E-state index contributed by atoms with van der Waals surface area (Å²) in [4.78, 5) is 4.80. The third-order valence-electron chi connectivity index (χ3n) is 5.84. The monoisotopic (exact) mass is 480 g/mol. The second kappa shape index (κ2) is 8.49. The lowest BCUT2D eigenvalue weighted by Gasteiger charge is -2.13. The normalized spacial score (nSPS) is 11.2. The Labute approximate surface area is 206 Å². The number of nitrogens with zero attached hydrogens (tertiary/aromatic N) is 2. The van der Waals surface area contributed by atoms with Crippen molar-refractivity contribution in [2.75, 3.05) is 5.32 Å². The molecule has 0 saturated carbocycles. The first-order valence-electron chi connectivity index (χ1n) is 10.8. The smallest absolute Gasteiger partial charge is 0.0927 e. The second-order valence-electron chi connectivity index (χ2n) is 8.01. The Morgan fingerprint density at radius 3 is 2.06 bits per heavy atom. The van der Waals surface area contributed by atoms with Crippen LogP contribution in [0, 0.1) is 0 Å². The highest BCUT2D eigenvalue weighted by Gasteiger charge is 2.11. The minimum atomic E-state index is 0.582. The Bertz CT molecular complexity index is 1600. The van der Waals surface area contributed by atoms with E-state index in [1.54, 1.807) is 6.07 Å². The topological polar surface area (TPSA) is 53.6 Å². The van der Waals surface area contributed by atoms with E-state index in [0.717, 1.165) is 55.7 Å². The Morgan fingerprint density at radius 2 is 1.38 bits per heavy atom. The fraction of sp³-hybridized carbons (Fsp3) is 0.